The van der Waals surface area contributed by atoms with Crippen LogP contribution in [0.3, 0.4) is 0 Å². The minimum Gasteiger partial charge on any atom is -0.309 e. The highest BCUT2D eigenvalue weighted by Gasteiger charge is 2.18. The monoisotopic (exact) mass is 623 g/mol. The first-order valence-corrected chi connectivity index (χ1v) is 16.7. The molecule has 8 aromatic carbocycles. The van der Waals surface area contributed by atoms with E-state index in [0.717, 1.165) is 33.8 Å². The molecule has 3 nitrogen and oxygen atoms in total. The molecule has 3 heteroatoms. The zero-order valence-electron chi connectivity index (χ0n) is 26.6. The van der Waals surface area contributed by atoms with Crippen molar-refractivity contribution in [2.45, 2.75) is 0 Å². The van der Waals surface area contributed by atoms with Crippen LogP contribution in [0.25, 0.3) is 93.7 Å². The number of para-hydroxylation sites is 1. The first-order chi connectivity index (χ1) is 24.3. The number of nitrogens with zero attached hydrogens (tertiary/aromatic N) is 3. The van der Waals surface area contributed by atoms with Gasteiger partial charge < -0.3 is 4.57 Å². The zero-order valence-corrected chi connectivity index (χ0v) is 26.6. The van der Waals surface area contributed by atoms with Crippen LogP contribution in [0.2, 0.25) is 0 Å². The predicted molar refractivity (Wildman–Crippen MR) is 205 cm³/mol. The zero-order chi connectivity index (χ0) is 32.3. The molecule has 0 aliphatic rings. The Hall–Kier alpha value is -6.58. The molecule has 10 rings (SSSR count). The summed E-state index contributed by atoms with van der Waals surface area (Å²) in [7, 11) is 0. The van der Waals surface area contributed by atoms with Crippen molar-refractivity contribution in [1.29, 1.82) is 0 Å². The van der Waals surface area contributed by atoms with Crippen molar-refractivity contribution in [2.75, 3.05) is 0 Å². The Balaban J connectivity index is 1.21. The summed E-state index contributed by atoms with van der Waals surface area (Å²) < 4.78 is 2.39. The van der Waals surface area contributed by atoms with E-state index in [1.807, 2.05) is 12.1 Å². The third-order valence-corrected chi connectivity index (χ3v) is 9.77. The second-order valence-electron chi connectivity index (χ2n) is 12.6. The lowest BCUT2D eigenvalue weighted by molar-refractivity contribution is 1.16. The van der Waals surface area contributed by atoms with E-state index in [4.69, 9.17) is 9.97 Å². The molecule has 0 atom stereocenters. The average Bonchev–Trinajstić information content (AvgIpc) is 3.53. The van der Waals surface area contributed by atoms with Gasteiger partial charge in [-0.05, 0) is 62.6 Å². The molecule has 10 aromatic rings. The van der Waals surface area contributed by atoms with Gasteiger partial charge >= 0.3 is 0 Å². The van der Waals surface area contributed by atoms with Crippen LogP contribution < -0.4 is 0 Å². The van der Waals surface area contributed by atoms with Crippen molar-refractivity contribution < 1.29 is 0 Å². The largest absolute Gasteiger partial charge is 0.309 e. The van der Waals surface area contributed by atoms with Crippen molar-refractivity contribution in [2.24, 2.45) is 0 Å². The van der Waals surface area contributed by atoms with Crippen molar-refractivity contribution in [1.82, 2.24) is 14.5 Å². The Morgan fingerprint density at radius 2 is 0.939 bits per heavy atom. The molecule has 0 fully saturated rings. The summed E-state index contributed by atoms with van der Waals surface area (Å²) >= 11 is 0. The van der Waals surface area contributed by atoms with Crippen LogP contribution >= 0.6 is 0 Å². The minimum atomic E-state index is 0.701. The molecule has 0 aliphatic heterocycles. The number of aromatic nitrogens is 3. The fourth-order valence-electron chi connectivity index (χ4n) is 7.53. The lowest BCUT2D eigenvalue weighted by atomic mass is 9.94. The molecule has 0 aliphatic carbocycles. The average molecular weight is 624 g/mol. The van der Waals surface area contributed by atoms with Crippen LogP contribution in [0, 0.1) is 0 Å². The number of benzene rings is 8. The second-order valence-corrected chi connectivity index (χ2v) is 12.6. The SMILES string of the molecule is c1ccc(-c2cc(-c3ccccc3)nc(-c3cccc(-n4c5ccccc5c5c6ccc7ccc8ccccc8c7c6ccc54)c3)n2)cc1. The number of rotatable bonds is 4. The molecule has 0 saturated heterocycles. The Morgan fingerprint density at radius 3 is 1.71 bits per heavy atom. The first kappa shape index (κ1) is 27.5. The standard InChI is InChI=1S/C46H29N3/c1-3-13-31(14-4-1)40-29-41(32-15-5-2-6-16-32)48-46(47-40)34-17-11-18-35(28-34)49-42-21-10-9-20-39(42)45-38-25-24-33-23-22-30-12-7-8-19-36(30)44(33)37(38)26-27-43(45)49/h1-29H. The quantitative estimate of drug-likeness (QED) is 0.183. The molecule has 2 aromatic heterocycles. The van der Waals surface area contributed by atoms with E-state index in [2.05, 4.69) is 168 Å². The molecule has 49 heavy (non-hydrogen) atoms. The van der Waals surface area contributed by atoms with Crippen LogP contribution in [0.15, 0.2) is 176 Å². The summed E-state index contributed by atoms with van der Waals surface area (Å²) in [6.07, 6.45) is 0. The van der Waals surface area contributed by atoms with E-state index in [1.165, 1.54) is 54.1 Å². The molecule has 2 heterocycles. The van der Waals surface area contributed by atoms with E-state index in [0.29, 0.717) is 5.82 Å². The van der Waals surface area contributed by atoms with Crippen LogP contribution in [0.1, 0.15) is 0 Å². The Bertz CT molecular complexity index is 2810. The third-order valence-electron chi connectivity index (χ3n) is 9.77. The van der Waals surface area contributed by atoms with Crippen molar-refractivity contribution in [3.8, 4) is 39.6 Å². The van der Waals surface area contributed by atoms with Gasteiger partial charge in [-0.1, -0.05) is 146 Å². The summed E-state index contributed by atoms with van der Waals surface area (Å²) in [5.74, 6) is 0.701. The molecule has 0 radical (unpaired) electrons. The topological polar surface area (TPSA) is 30.7 Å². The van der Waals surface area contributed by atoms with Gasteiger partial charge in [-0.3, -0.25) is 0 Å². The van der Waals surface area contributed by atoms with Crippen LogP contribution in [-0.4, -0.2) is 14.5 Å². The molecule has 0 spiro atoms. The van der Waals surface area contributed by atoms with Gasteiger partial charge in [-0.2, -0.15) is 0 Å². The fraction of sp³-hybridized carbons (Fsp3) is 0. The lowest BCUT2D eigenvalue weighted by Crippen LogP contribution is -1.98. The Morgan fingerprint density at radius 1 is 0.347 bits per heavy atom. The third kappa shape index (κ3) is 4.44. The smallest absolute Gasteiger partial charge is 0.160 e. The van der Waals surface area contributed by atoms with Crippen molar-refractivity contribution >= 4 is 54.1 Å². The highest BCUT2D eigenvalue weighted by molar-refractivity contribution is 6.29. The molecular weight excluding hydrogens is 595 g/mol. The molecule has 0 unspecified atom stereocenters. The maximum Gasteiger partial charge on any atom is 0.160 e. The summed E-state index contributed by atoms with van der Waals surface area (Å²) in [5, 5.41) is 10.2. The fourth-order valence-corrected chi connectivity index (χ4v) is 7.53. The molecular formula is C46H29N3. The van der Waals surface area contributed by atoms with E-state index in [-0.39, 0.29) is 0 Å². The van der Waals surface area contributed by atoms with E-state index < -0.39 is 0 Å². The molecule has 228 valence electrons. The van der Waals surface area contributed by atoms with Crippen molar-refractivity contribution in [3.63, 3.8) is 0 Å². The molecule has 0 bridgehead atoms. The summed E-state index contributed by atoms with van der Waals surface area (Å²) in [6, 6.07) is 62.5. The number of hydrogen-bond acceptors (Lipinski definition) is 2. The Kier molecular flexibility index (Phi) is 6.18. The number of fused-ring (bicyclic) bond motifs is 9. The molecule has 0 amide bonds. The first-order valence-electron chi connectivity index (χ1n) is 16.7. The maximum absolute atomic E-state index is 5.12. The summed E-state index contributed by atoms with van der Waals surface area (Å²) in [4.78, 5) is 10.2. The van der Waals surface area contributed by atoms with E-state index >= 15 is 0 Å². The van der Waals surface area contributed by atoms with E-state index in [9.17, 15) is 0 Å². The summed E-state index contributed by atoms with van der Waals surface area (Å²) in [5.41, 5.74) is 8.32. The van der Waals surface area contributed by atoms with E-state index in [1.54, 1.807) is 0 Å². The Labute approximate surface area is 283 Å². The van der Waals surface area contributed by atoms with Gasteiger partial charge in [-0.25, -0.2) is 9.97 Å². The molecule has 0 saturated carbocycles. The van der Waals surface area contributed by atoms with Gasteiger partial charge in [0.2, 0.25) is 0 Å². The normalized spacial score (nSPS) is 11.7. The minimum absolute atomic E-state index is 0.701. The van der Waals surface area contributed by atoms with Crippen LogP contribution in [0.4, 0.5) is 0 Å². The van der Waals surface area contributed by atoms with Gasteiger partial charge in [0.25, 0.3) is 0 Å². The van der Waals surface area contributed by atoms with Gasteiger partial charge in [-0.15, -0.1) is 0 Å². The van der Waals surface area contributed by atoms with Gasteiger partial charge in [0.15, 0.2) is 5.82 Å². The van der Waals surface area contributed by atoms with Crippen LogP contribution in [-0.2, 0) is 0 Å². The maximum atomic E-state index is 5.12. The number of hydrogen-bond donors (Lipinski definition) is 0. The van der Waals surface area contributed by atoms with Crippen LogP contribution in [0.5, 0.6) is 0 Å². The highest BCUT2D eigenvalue weighted by atomic mass is 15.0. The summed E-state index contributed by atoms with van der Waals surface area (Å²) in [6.45, 7) is 0. The van der Waals surface area contributed by atoms with Gasteiger partial charge in [0, 0.05) is 33.2 Å². The highest BCUT2D eigenvalue weighted by Crippen LogP contribution is 2.41. The second kappa shape index (κ2) is 11.0. The van der Waals surface area contributed by atoms with Crippen molar-refractivity contribution in [3.05, 3.63) is 176 Å². The van der Waals surface area contributed by atoms with Gasteiger partial charge in [0.05, 0.1) is 22.4 Å². The molecule has 0 N–H and O–H groups in total. The lowest BCUT2D eigenvalue weighted by Gasteiger charge is -2.13. The predicted octanol–water partition coefficient (Wildman–Crippen LogP) is 12.0. The van der Waals surface area contributed by atoms with Gasteiger partial charge in [0.1, 0.15) is 0 Å².